The number of aromatic hydroxyl groups is 1. The van der Waals surface area contributed by atoms with Gasteiger partial charge >= 0.3 is 0 Å². The van der Waals surface area contributed by atoms with Gasteiger partial charge in [-0.15, -0.1) is 24.8 Å². The van der Waals surface area contributed by atoms with Gasteiger partial charge in [-0.3, -0.25) is 4.90 Å². The molecule has 0 amide bonds. The molecule has 0 spiro atoms. The standard InChI is InChI=1S/C18H30N2O3.2ClH/c1-13(2)5-6-15(20-9-7-19-8-10-20)18-16(21)11-14(22-3)12-17(18)23-4;;/h11-13,15,19,21H,5-10H2,1-4H3;2*1H/t15-;;/m1../s1. The lowest BCUT2D eigenvalue weighted by atomic mass is 9.94. The Kier molecular flexibility index (Phi) is 11.3. The topological polar surface area (TPSA) is 54.0 Å². The molecule has 1 heterocycles. The smallest absolute Gasteiger partial charge is 0.131 e. The van der Waals surface area contributed by atoms with E-state index in [4.69, 9.17) is 9.47 Å². The average molecular weight is 395 g/mol. The Bertz CT molecular complexity index is 509. The van der Waals surface area contributed by atoms with Gasteiger partial charge in [-0.2, -0.15) is 0 Å². The van der Waals surface area contributed by atoms with Crippen LogP contribution < -0.4 is 14.8 Å². The van der Waals surface area contributed by atoms with E-state index in [-0.39, 0.29) is 36.6 Å². The highest BCUT2D eigenvalue weighted by Gasteiger charge is 2.28. The number of phenolic OH excluding ortho intramolecular Hbond substituents is 1. The Balaban J connectivity index is 0.00000288. The predicted molar refractivity (Wildman–Crippen MR) is 107 cm³/mol. The van der Waals surface area contributed by atoms with Crippen molar-refractivity contribution in [3.05, 3.63) is 17.7 Å². The highest BCUT2D eigenvalue weighted by atomic mass is 35.5. The maximum atomic E-state index is 10.6. The number of benzene rings is 1. The van der Waals surface area contributed by atoms with Crippen LogP contribution in [0.1, 0.15) is 38.3 Å². The molecule has 0 aromatic heterocycles. The predicted octanol–water partition coefficient (Wildman–Crippen LogP) is 3.64. The summed E-state index contributed by atoms with van der Waals surface area (Å²) in [5.41, 5.74) is 0.885. The summed E-state index contributed by atoms with van der Waals surface area (Å²) in [6, 6.07) is 3.71. The van der Waals surface area contributed by atoms with Crippen LogP contribution in [-0.2, 0) is 0 Å². The van der Waals surface area contributed by atoms with E-state index in [0.29, 0.717) is 17.4 Å². The third-order valence-electron chi connectivity index (χ3n) is 4.49. The Labute approximate surface area is 163 Å². The maximum Gasteiger partial charge on any atom is 0.131 e. The molecule has 25 heavy (non-hydrogen) atoms. The van der Waals surface area contributed by atoms with E-state index in [1.165, 1.54) is 0 Å². The number of rotatable bonds is 7. The lowest BCUT2D eigenvalue weighted by Gasteiger charge is -2.36. The van der Waals surface area contributed by atoms with Crippen molar-refractivity contribution in [3.8, 4) is 17.2 Å². The molecule has 0 saturated carbocycles. The first kappa shape index (κ1) is 24.1. The second-order valence-electron chi connectivity index (χ2n) is 6.54. The lowest BCUT2D eigenvalue weighted by molar-refractivity contribution is 0.154. The van der Waals surface area contributed by atoms with E-state index >= 15 is 0 Å². The molecule has 0 aliphatic carbocycles. The van der Waals surface area contributed by atoms with Crippen molar-refractivity contribution in [2.24, 2.45) is 5.92 Å². The van der Waals surface area contributed by atoms with E-state index in [2.05, 4.69) is 24.1 Å². The number of methoxy groups -OCH3 is 2. The number of nitrogens with one attached hydrogen (secondary N) is 1. The second kappa shape index (κ2) is 11.7. The minimum absolute atomic E-state index is 0. The Morgan fingerprint density at radius 3 is 2.24 bits per heavy atom. The zero-order valence-corrected chi connectivity index (χ0v) is 17.2. The van der Waals surface area contributed by atoms with Gasteiger partial charge in [0.05, 0.1) is 19.8 Å². The van der Waals surface area contributed by atoms with Crippen molar-refractivity contribution in [1.29, 1.82) is 0 Å². The molecule has 7 heteroatoms. The molecule has 0 unspecified atom stereocenters. The Morgan fingerprint density at radius 1 is 1.08 bits per heavy atom. The molecule has 2 rings (SSSR count). The third-order valence-corrected chi connectivity index (χ3v) is 4.49. The molecule has 1 aliphatic heterocycles. The van der Waals surface area contributed by atoms with Crippen molar-refractivity contribution in [2.75, 3.05) is 40.4 Å². The second-order valence-corrected chi connectivity index (χ2v) is 6.54. The van der Waals surface area contributed by atoms with Crippen LogP contribution in [0.3, 0.4) is 0 Å². The molecule has 1 fully saturated rings. The van der Waals surface area contributed by atoms with Gasteiger partial charge < -0.3 is 19.9 Å². The fourth-order valence-electron chi connectivity index (χ4n) is 3.20. The van der Waals surface area contributed by atoms with Crippen LogP contribution in [0.25, 0.3) is 0 Å². The van der Waals surface area contributed by atoms with Gasteiger partial charge in [-0.05, 0) is 18.8 Å². The van der Waals surface area contributed by atoms with E-state index < -0.39 is 0 Å². The number of piperazine rings is 1. The molecule has 5 nitrogen and oxygen atoms in total. The van der Waals surface area contributed by atoms with E-state index in [9.17, 15) is 5.11 Å². The van der Waals surface area contributed by atoms with Crippen molar-refractivity contribution >= 4 is 24.8 Å². The summed E-state index contributed by atoms with van der Waals surface area (Å²) in [4.78, 5) is 2.45. The minimum atomic E-state index is 0. The molecule has 0 bridgehead atoms. The lowest BCUT2D eigenvalue weighted by Crippen LogP contribution is -2.45. The maximum absolute atomic E-state index is 10.6. The van der Waals surface area contributed by atoms with Crippen molar-refractivity contribution in [3.63, 3.8) is 0 Å². The molecular weight excluding hydrogens is 363 g/mol. The van der Waals surface area contributed by atoms with Gasteiger partial charge in [-0.25, -0.2) is 0 Å². The quantitative estimate of drug-likeness (QED) is 0.739. The van der Waals surface area contributed by atoms with Gasteiger partial charge in [0, 0.05) is 44.4 Å². The summed E-state index contributed by atoms with van der Waals surface area (Å²) in [5.74, 6) is 2.21. The van der Waals surface area contributed by atoms with Crippen LogP contribution in [0.2, 0.25) is 0 Å². The third kappa shape index (κ3) is 6.41. The van der Waals surface area contributed by atoms with E-state index in [1.807, 2.05) is 6.07 Å². The molecule has 1 aromatic carbocycles. The molecule has 1 aromatic rings. The molecule has 1 saturated heterocycles. The van der Waals surface area contributed by atoms with Crippen LogP contribution in [-0.4, -0.2) is 50.4 Å². The number of hydrogen-bond acceptors (Lipinski definition) is 5. The number of nitrogens with zero attached hydrogens (tertiary/aromatic N) is 1. The van der Waals surface area contributed by atoms with E-state index in [1.54, 1.807) is 20.3 Å². The normalized spacial score (nSPS) is 15.9. The van der Waals surface area contributed by atoms with Gasteiger partial charge in [0.15, 0.2) is 0 Å². The SMILES string of the molecule is COc1cc(O)c([C@@H](CCC(C)C)N2CCNCC2)c(OC)c1.Cl.Cl. The summed E-state index contributed by atoms with van der Waals surface area (Å²) in [6.07, 6.45) is 2.12. The largest absolute Gasteiger partial charge is 0.507 e. The Morgan fingerprint density at radius 2 is 1.72 bits per heavy atom. The molecule has 2 N–H and O–H groups in total. The summed E-state index contributed by atoms with van der Waals surface area (Å²) in [5, 5.41) is 14.0. The molecule has 1 atom stereocenters. The molecular formula is C18H32Cl2N2O3. The summed E-state index contributed by atoms with van der Waals surface area (Å²) in [7, 11) is 3.25. The summed E-state index contributed by atoms with van der Waals surface area (Å²) in [6.45, 7) is 8.41. The highest BCUT2D eigenvalue weighted by Crippen LogP contribution is 2.42. The number of halogens is 2. The van der Waals surface area contributed by atoms with Crippen molar-refractivity contribution in [1.82, 2.24) is 10.2 Å². The number of hydrogen-bond donors (Lipinski definition) is 2. The van der Waals surface area contributed by atoms with E-state index in [0.717, 1.165) is 44.6 Å². The van der Waals surface area contributed by atoms with Gasteiger partial charge in [0.1, 0.15) is 17.2 Å². The van der Waals surface area contributed by atoms with Crippen molar-refractivity contribution < 1.29 is 14.6 Å². The fraction of sp³-hybridized carbons (Fsp3) is 0.667. The monoisotopic (exact) mass is 394 g/mol. The summed E-state index contributed by atoms with van der Waals surface area (Å²) < 4.78 is 10.8. The Hall–Kier alpha value is -0.880. The molecule has 146 valence electrons. The highest BCUT2D eigenvalue weighted by molar-refractivity contribution is 5.85. The first-order valence-corrected chi connectivity index (χ1v) is 8.46. The average Bonchev–Trinajstić information content (AvgIpc) is 2.56. The van der Waals surface area contributed by atoms with Crippen LogP contribution >= 0.6 is 24.8 Å². The van der Waals surface area contributed by atoms with Gasteiger partial charge in [0.25, 0.3) is 0 Å². The summed E-state index contributed by atoms with van der Waals surface area (Å²) >= 11 is 0. The zero-order valence-electron chi connectivity index (χ0n) is 15.6. The molecule has 0 radical (unpaired) electrons. The van der Waals surface area contributed by atoms with Crippen LogP contribution in [0.5, 0.6) is 17.2 Å². The van der Waals surface area contributed by atoms with Crippen LogP contribution in [0.15, 0.2) is 12.1 Å². The number of ether oxygens (including phenoxy) is 2. The molecule has 1 aliphatic rings. The number of phenols is 1. The minimum Gasteiger partial charge on any atom is -0.507 e. The van der Waals surface area contributed by atoms with Crippen LogP contribution in [0.4, 0.5) is 0 Å². The van der Waals surface area contributed by atoms with Crippen LogP contribution in [0, 0.1) is 5.92 Å². The first-order valence-electron chi connectivity index (χ1n) is 8.46. The first-order chi connectivity index (χ1) is 11.1. The van der Waals surface area contributed by atoms with Gasteiger partial charge in [0.2, 0.25) is 0 Å². The fourth-order valence-corrected chi connectivity index (χ4v) is 3.20. The van der Waals surface area contributed by atoms with Crippen molar-refractivity contribution in [2.45, 2.75) is 32.7 Å². The zero-order chi connectivity index (χ0) is 16.8. The van der Waals surface area contributed by atoms with Gasteiger partial charge in [-0.1, -0.05) is 13.8 Å².